The molecule has 2 aromatic carbocycles. The number of nitrogens with one attached hydrogen (secondary N) is 2. The first kappa shape index (κ1) is 25.0. The summed E-state index contributed by atoms with van der Waals surface area (Å²) in [6, 6.07) is 20.8. The predicted molar refractivity (Wildman–Crippen MR) is 144 cm³/mol. The van der Waals surface area contributed by atoms with E-state index in [1.165, 1.54) is 36.4 Å². The third-order valence-corrected chi connectivity index (χ3v) is 6.68. The van der Waals surface area contributed by atoms with Crippen molar-refractivity contribution in [3.05, 3.63) is 119 Å². The lowest BCUT2D eigenvalue weighted by Gasteiger charge is -2.28. The van der Waals surface area contributed by atoms with Crippen LogP contribution in [-0.4, -0.2) is 36.9 Å². The molecule has 192 valence electrons. The van der Waals surface area contributed by atoms with E-state index >= 15 is 0 Å². The number of thiocarbonyl (C=S) groups is 1. The van der Waals surface area contributed by atoms with Crippen molar-refractivity contribution >= 4 is 34.6 Å². The molecular weight excluding hydrogens is 507 g/mol. The van der Waals surface area contributed by atoms with Crippen LogP contribution in [0.15, 0.2) is 91.3 Å². The summed E-state index contributed by atoms with van der Waals surface area (Å²) in [7, 11) is 0. The van der Waals surface area contributed by atoms with Crippen LogP contribution in [0.25, 0.3) is 5.69 Å². The molecule has 9 nitrogen and oxygen atoms in total. The van der Waals surface area contributed by atoms with Gasteiger partial charge in [-0.1, -0.05) is 6.07 Å². The monoisotopic (exact) mass is 530 g/mol. The predicted octanol–water partition coefficient (Wildman–Crippen LogP) is 4.92. The summed E-state index contributed by atoms with van der Waals surface area (Å²) in [5.41, 5.74) is 2.93. The molecule has 2 aromatic heterocycles. The van der Waals surface area contributed by atoms with Crippen LogP contribution in [0.1, 0.15) is 29.9 Å². The SMILES string of the molecule is O=C(CCN1C(=S)N[C@H](c2ccccn2)[C@@H]1c1cccn1-c1ccc([N+](=O)[O-])cc1)Nc1ccc(F)cc1. The van der Waals surface area contributed by atoms with Crippen molar-refractivity contribution in [1.29, 1.82) is 0 Å². The molecule has 2 atom stereocenters. The van der Waals surface area contributed by atoms with Crippen LogP contribution in [0, 0.1) is 15.9 Å². The summed E-state index contributed by atoms with van der Waals surface area (Å²) >= 11 is 5.70. The fraction of sp³-hybridized carbons (Fsp3) is 0.148. The topological polar surface area (TPSA) is 105 Å². The number of benzene rings is 2. The normalized spacial score (nSPS) is 16.8. The van der Waals surface area contributed by atoms with Gasteiger partial charge in [-0.05, 0) is 72.9 Å². The molecule has 0 aliphatic carbocycles. The van der Waals surface area contributed by atoms with E-state index in [9.17, 15) is 19.3 Å². The maximum Gasteiger partial charge on any atom is 0.269 e. The number of hydrogen-bond acceptors (Lipinski definition) is 5. The Bertz CT molecular complexity index is 1460. The highest BCUT2D eigenvalue weighted by Gasteiger charge is 2.41. The van der Waals surface area contributed by atoms with Gasteiger partial charge in [0.1, 0.15) is 5.82 Å². The standard InChI is InChI=1S/C27H23FN6O3S/c28-18-6-8-19(9-7-18)30-24(35)14-17-33-26(25(31-27(33)38)22-4-1-2-15-29-22)23-5-3-16-32(23)20-10-12-21(13-11-20)34(36)37/h1-13,15-16,25-26H,14,17H2,(H,30,35)(H,31,38)/t25-,26+/m1/s1. The van der Waals surface area contributed by atoms with Crippen molar-refractivity contribution in [3.63, 3.8) is 0 Å². The number of pyridine rings is 1. The van der Waals surface area contributed by atoms with Crippen molar-refractivity contribution in [2.75, 3.05) is 11.9 Å². The van der Waals surface area contributed by atoms with Crippen LogP contribution in [0.2, 0.25) is 0 Å². The molecule has 1 saturated heterocycles. The molecule has 0 unspecified atom stereocenters. The number of non-ortho nitro benzene ring substituents is 1. The summed E-state index contributed by atoms with van der Waals surface area (Å²) in [6.07, 6.45) is 3.74. The van der Waals surface area contributed by atoms with E-state index in [0.29, 0.717) is 17.3 Å². The lowest BCUT2D eigenvalue weighted by molar-refractivity contribution is -0.384. The van der Waals surface area contributed by atoms with Gasteiger partial charge in [0.05, 0.1) is 22.7 Å². The van der Waals surface area contributed by atoms with Crippen molar-refractivity contribution < 1.29 is 14.1 Å². The third kappa shape index (κ3) is 5.23. The Hall–Kier alpha value is -4.64. The van der Waals surface area contributed by atoms with Gasteiger partial charge in [0.25, 0.3) is 5.69 Å². The van der Waals surface area contributed by atoms with E-state index in [1.54, 1.807) is 18.3 Å². The van der Waals surface area contributed by atoms with Gasteiger partial charge in [-0.15, -0.1) is 0 Å². The van der Waals surface area contributed by atoms with Gasteiger partial charge in [-0.3, -0.25) is 19.9 Å². The number of nitro benzene ring substituents is 1. The van der Waals surface area contributed by atoms with E-state index < -0.39 is 4.92 Å². The summed E-state index contributed by atoms with van der Waals surface area (Å²) in [5.74, 6) is -0.610. The molecule has 11 heteroatoms. The zero-order valence-electron chi connectivity index (χ0n) is 20.0. The second kappa shape index (κ2) is 10.8. The van der Waals surface area contributed by atoms with Gasteiger partial charge in [0, 0.05) is 54.6 Å². The van der Waals surface area contributed by atoms with Crippen LogP contribution in [0.3, 0.4) is 0 Å². The number of nitrogens with zero attached hydrogens (tertiary/aromatic N) is 4. The van der Waals surface area contributed by atoms with E-state index in [0.717, 1.165) is 17.1 Å². The van der Waals surface area contributed by atoms with Crippen molar-refractivity contribution in [1.82, 2.24) is 19.8 Å². The summed E-state index contributed by atoms with van der Waals surface area (Å²) in [5, 5.41) is 17.8. The summed E-state index contributed by atoms with van der Waals surface area (Å²) < 4.78 is 15.2. The van der Waals surface area contributed by atoms with E-state index in [-0.39, 0.29) is 35.9 Å². The van der Waals surface area contributed by atoms with E-state index in [2.05, 4.69) is 15.6 Å². The Morgan fingerprint density at radius 2 is 1.84 bits per heavy atom. The summed E-state index contributed by atoms with van der Waals surface area (Å²) in [4.78, 5) is 29.9. The van der Waals surface area contributed by atoms with Gasteiger partial charge in [-0.25, -0.2) is 4.39 Å². The number of nitro groups is 1. The third-order valence-electron chi connectivity index (χ3n) is 6.33. The first-order valence-corrected chi connectivity index (χ1v) is 12.3. The lowest BCUT2D eigenvalue weighted by atomic mass is 10.0. The van der Waals surface area contributed by atoms with Crippen LogP contribution in [0.5, 0.6) is 0 Å². The number of anilines is 1. The fourth-order valence-electron chi connectivity index (χ4n) is 4.55. The lowest BCUT2D eigenvalue weighted by Crippen LogP contribution is -2.33. The molecule has 38 heavy (non-hydrogen) atoms. The number of rotatable bonds is 8. The number of carbonyl (C=O) groups excluding carboxylic acids is 1. The van der Waals surface area contributed by atoms with Crippen molar-refractivity contribution in [2.24, 2.45) is 0 Å². The smallest absolute Gasteiger partial charge is 0.269 e. The molecule has 1 aliphatic heterocycles. The quantitative estimate of drug-likeness (QED) is 0.189. The highest BCUT2D eigenvalue weighted by atomic mass is 32.1. The maximum absolute atomic E-state index is 13.2. The second-order valence-electron chi connectivity index (χ2n) is 8.70. The number of amides is 1. The number of hydrogen-bond donors (Lipinski definition) is 2. The van der Waals surface area contributed by atoms with E-state index in [1.807, 2.05) is 46.0 Å². The Kier molecular flexibility index (Phi) is 7.09. The van der Waals surface area contributed by atoms with Crippen molar-refractivity contribution in [3.8, 4) is 5.69 Å². The molecule has 1 fully saturated rings. The van der Waals surface area contributed by atoms with Gasteiger partial charge >= 0.3 is 0 Å². The molecule has 3 heterocycles. The Morgan fingerprint density at radius 3 is 2.53 bits per heavy atom. The van der Waals surface area contributed by atoms with Crippen LogP contribution in [-0.2, 0) is 4.79 Å². The molecule has 4 aromatic rings. The van der Waals surface area contributed by atoms with Crippen LogP contribution >= 0.6 is 12.2 Å². The zero-order valence-corrected chi connectivity index (χ0v) is 20.8. The molecule has 0 spiro atoms. The molecule has 1 amide bonds. The number of halogens is 1. The number of carbonyl (C=O) groups is 1. The molecule has 0 radical (unpaired) electrons. The Labute approximate surface area is 223 Å². The van der Waals surface area contributed by atoms with Crippen molar-refractivity contribution in [2.45, 2.75) is 18.5 Å². The Morgan fingerprint density at radius 1 is 1.08 bits per heavy atom. The minimum Gasteiger partial charge on any atom is -0.352 e. The van der Waals surface area contributed by atoms with Gasteiger partial charge in [0.2, 0.25) is 5.91 Å². The Balaban J connectivity index is 1.43. The highest BCUT2D eigenvalue weighted by Crippen LogP contribution is 2.39. The molecule has 2 N–H and O–H groups in total. The average Bonchev–Trinajstić information content (AvgIpc) is 3.53. The fourth-order valence-corrected chi connectivity index (χ4v) is 4.88. The minimum atomic E-state index is -0.435. The molecule has 0 saturated carbocycles. The summed E-state index contributed by atoms with van der Waals surface area (Å²) in [6.45, 7) is 0.318. The van der Waals surface area contributed by atoms with Gasteiger partial charge in [-0.2, -0.15) is 0 Å². The highest BCUT2D eigenvalue weighted by molar-refractivity contribution is 7.80. The van der Waals surface area contributed by atoms with Crippen LogP contribution < -0.4 is 10.6 Å². The van der Waals surface area contributed by atoms with Gasteiger partial charge < -0.3 is 20.1 Å². The molecular formula is C27H23FN6O3S. The first-order valence-electron chi connectivity index (χ1n) is 11.9. The maximum atomic E-state index is 13.2. The molecule has 1 aliphatic rings. The van der Waals surface area contributed by atoms with Gasteiger partial charge in [0.15, 0.2) is 5.11 Å². The minimum absolute atomic E-state index is 0.00585. The molecule has 5 rings (SSSR count). The van der Waals surface area contributed by atoms with E-state index in [4.69, 9.17) is 12.2 Å². The zero-order chi connectivity index (χ0) is 26.6. The number of aromatic nitrogens is 2. The average molecular weight is 531 g/mol. The second-order valence-corrected chi connectivity index (χ2v) is 9.09. The molecule has 0 bridgehead atoms. The first-order chi connectivity index (χ1) is 18.4. The largest absolute Gasteiger partial charge is 0.352 e. The van der Waals surface area contributed by atoms with Crippen LogP contribution in [0.4, 0.5) is 15.8 Å².